The number of piperazine rings is 1. The Balaban J connectivity index is 1.44. The minimum atomic E-state index is 0.0582. The van der Waals surface area contributed by atoms with Crippen molar-refractivity contribution in [1.82, 2.24) is 19.2 Å². The van der Waals surface area contributed by atoms with E-state index in [2.05, 4.69) is 9.88 Å². The molecule has 0 atom stereocenters. The summed E-state index contributed by atoms with van der Waals surface area (Å²) < 4.78 is 7.43. The molecule has 2 aromatic rings. The molecule has 6 heteroatoms. The molecule has 4 rings (SSSR count). The number of fused-ring (bicyclic) bond motifs is 1. The molecule has 0 N–H and O–H groups in total. The van der Waals surface area contributed by atoms with E-state index in [4.69, 9.17) is 4.74 Å². The summed E-state index contributed by atoms with van der Waals surface area (Å²) in [6, 6.07) is 6.46. The average Bonchev–Trinajstić information content (AvgIpc) is 2.99. The van der Waals surface area contributed by atoms with Crippen LogP contribution in [-0.4, -0.2) is 70.5 Å². The van der Waals surface area contributed by atoms with E-state index in [-0.39, 0.29) is 5.91 Å². The van der Waals surface area contributed by atoms with Gasteiger partial charge in [-0.25, -0.2) is 4.98 Å². The van der Waals surface area contributed by atoms with Crippen molar-refractivity contribution in [1.29, 1.82) is 0 Å². The maximum Gasteiger partial charge on any atom is 0.274 e. The Kier molecular flexibility index (Phi) is 4.24. The van der Waals surface area contributed by atoms with Crippen molar-refractivity contribution in [2.75, 3.05) is 39.4 Å². The number of imidazole rings is 1. The minimum absolute atomic E-state index is 0.0582. The molecule has 0 saturated carbocycles. The van der Waals surface area contributed by atoms with E-state index in [0.717, 1.165) is 63.6 Å². The molecule has 0 aromatic carbocycles. The highest BCUT2D eigenvalue weighted by molar-refractivity contribution is 5.94. The number of rotatable bonds is 2. The number of amides is 1. The van der Waals surface area contributed by atoms with Gasteiger partial charge >= 0.3 is 0 Å². The molecule has 4 heterocycles. The minimum Gasteiger partial charge on any atom is -0.381 e. The Labute approximate surface area is 142 Å². The molecule has 24 heavy (non-hydrogen) atoms. The maximum absolute atomic E-state index is 12.9. The molecule has 2 aliphatic rings. The van der Waals surface area contributed by atoms with Crippen LogP contribution in [0.2, 0.25) is 0 Å². The number of ether oxygens (including phenoxy) is 1. The lowest BCUT2D eigenvalue weighted by molar-refractivity contribution is 0.0136. The number of aromatic nitrogens is 2. The summed E-state index contributed by atoms with van der Waals surface area (Å²) in [7, 11) is 0. The second-order valence-corrected chi connectivity index (χ2v) is 6.65. The van der Waals surface area contributed by atoms with Gasteiger partial charge in [-0.05, 0) is 31.9 Å². The lowest BCUT2D eigenvalue weighted by Gasteiger charge is -2.40. The van der Waals surface area contributed by atoms with Gasteiger partial charge in [0.15, 0.2) is 0 Å². The van der Waals surface area contributed by atoms with Crippen molar-refractivity contribution < 1.29 is 9.53 Å². The first-order chi connectivity index (χ1) is 11.7. The first-order valence-electron chi connectivity index (χ1n) is 8.79. The molecule has 0 bridgehead atoms. The van der Waals surface area contributed by atoms with Crippen LogP contribution in [0, 0.1) is 6.92 Å². The van der Waals surface area contributed by atoms with Gasteiger partial charge in [0.05, 0.1) is 5.69 Å². The molecule has 2 aromatic heterocycles. The summed E-state index contributed by atoms with van der Waals surface area (Å²) in [5.74, 6) is 0.0582. The van der Waals surface area contributed by atoms with Crippen molar-refractivity contribution in [3.63, 3.8) is 0 Å². The molecule has 1 amide bonds. The Morgan fingerprint density at radius 1 is 1.17 bits per heavy atom. The van der Waals surface area contributed by atoms with Gasteiger partial charge in [0.2, 0.25) is 0 Å². The fraction of sp³-hybridized carbons (Fsp3) is 0.556. The first-order valence-corrected chi connectivity index (χ1v) is 8.79. The van der Waals surface area contributed by atoms with Gasteiger partial charge in [-0.3, -0.25) is 9.69 Å². The number of hydrogen-bond acceptors (Lipinski definition) is 4. The van der Waals surface area contributed by atoms with Crippen molar-refractivity contribution in [3.8, 4) is 0 Å². The smallest absolute Gasteiger partial charge is 0.274 e. The van der Waals surface area contributed by atoms with Gasteiger partial charge in [-0.15, -0.1) is 0 Å². The quantitative estimate of drug-likeness (QED) is 0.840. The lowest BCUT2D eigenvalue weighted by Crippen LogP contribution is -2.53. The third kappa shape index (κ3) is 2.80. The van der Waals surface area contributed by atoms with Crippen LogP contribution in [-0.2, 0) is 4.74 Å². The van der Waals surface area contributed by atoms with Crippen LogP contribution >= 0.6 is 0 Å². The van der Waals surface area contributed by atoms with Gasteiger partial charge in [0.1, 0.15) is 11.3 Å². The van der Waals surface area contributed by atoms with E-state index in [1.54, 1.807) is 0 Å². The van der Waals surface area contributed by atoms with Gasteiger partial charge in [0, 0.05) is 51.6 Å². The molecule has 2 fully saturated rings. The molecule has 0 unspecified atom stereocenters. The highest BCUT2D eigenvalue weighted by Crippen LogP contribution is 2.19. The van der Waals surface area contributed by atoms with Crippen LogP contribution < -0.4 is 0 Å². The van der Waals surface area contributed by atoms with Gasteiger partial charge in [0.25, 0.3) is 5.91 Å². The van der Waals surface area contributed by atoms with E-state index in [1.807, 2.05) is 40.6 Å². The Morgan fingerprint density at radius 2 is 1.92 bits per heavy atom. The summed E-state index contributed by atoms with van der Waals surface area (Å²) >= 11 is 0. The number of nitrogens with zero attached hydrogens (tertiary/aromatic N) is 4. The fourth-order valence-corrected chi connectivity index (χ4v) is 3.81. The third-order valence-corrected chi connectivity index (χ3v) is 5.28. The Hall–Kier alpha value is -1.92. The molecular weight excluding hydrogens is 304 g/mol. The zero-order valence-corrected chi connectivity index (χ0v) is 14.1. The third-order valence-electron chi connectivity index (χ3n) is 5.28. The second kappa shape index (κ2) is 6.53. The van der Waals surface area contributed by atoms with Crippen LogP contribution in [0.15, 0.2) is 24.4 Å². The number of aryl methyl sites for hydroxylation is 1. The second-order valence-electron chi connectivity index (χ2n) is 6.65. The van der Waals surface area contributed by atoms with Gasteiger partial charge in [-0.1, -0.05) is 6.07 Å². The predicted molar refractivity (Wildman–Crippen MR) is 91.2 cm³/mol. The van der Waals surface area contributed by atoms with E-state index in [9.17, 15) is 4.79 Å². The molecule has 2 aliphatic heterocycles. The summed E-state index contributed by atoms with van der Waals surface area (Å²) in [5, 5.41) is 0. The average molecular weight is 328 g/mol. The van der Waals surface area contributed by atoms with E-state index in [0.29, 0.717) is 11.7 Å². The molecule has 6 nitrogen and oxygen atoms in total. The van der Waals surface area contributed by atoms with Crippen LogP contribution in [0.4, 0.5) is 0 Å². The molecular formula is C18H24N4O2. The zero-order chi connectivity index (χ0) is 16.5. The standard InChI is InChI=1S/C18H24N4O2/c1-14-17(19-16-4-2-3-7-22(14)16)18(23)21-10-8-20(9-11-21)15-5-12-24-13-6-15/h2-4,7,15H,5-6,8-13H2,1H3. The molecule has 2 saturated heterocycles. The maximum atomic E-state index is 12.9. The van der Waals surface area contributed by atoms with Crippen molar-refractivity contribution >= 4 is 11.6 Å². The van der Waals surface area contributed by atoms with E-state index in [1.165, 1.54) is 0 Å². The van der Waals surface area contributed by atoms with Crippen LogP contribution in [0.25, 0.3) is 5.65 Å². The van der Waals surface area contributed by atoms with E-state index < -0.39 is 0 Å². The lowest BCUT2D eigenvalue weighted by atomic mass is 10.1. The largest absolute Gasteiger partial charge is 0.381 e. The summed E-state index contributed by atoms with van der Waals surface area (Å²) in [6.07, 6.45) is 4.18. The Bertz CT molecular complexity index is 728. The summed E-state index contributed by atoms with van der Waals surface area (Å²) in [6.45, 7) is 7.15. The predicted octanol–water partition coefficient (Wildman–Crippen LogP) is 1.58. The molecule has 0 spiro atoms. The normalized spacial score (nSPS) is 20.6. The summed E-state index contributed by atoms with van der Waals surface area (Å²) in [5.41, 5.74) is 2.34. The molecule has 128 valence electrons. The van der Waals surface area contributed by atoms with Crippen LogP contribution in [0.1, 0.15) is 29.0 Å². The molecule has 0 aliphatic carbocycles. The number of carbonyl (C=O) groups excluding carboxylic acids is 1. The molecule has 0 radical (unpaired) electrons. The van der Waals surface area contributed by atoms with Crippen molar-refractivity contribution in [3.05, 3.63) is 35.8 Å². The van der Waals surface area contributed by atoms with Crippen molar-refractivity contribution in [2.24, 2.45) is 0 Å². The van der Waals surface area contributed by atoms with Crippen LogP contribution in [0.3, 0.4) is 0 Å². The van der Waals surface area contributed by atoms with Crippen molar-refractivity contribution in [2.45, 2.75) is 25.8 Å². The fourth-order valence-electron chi connectivity index (χ4n) is 3.81. The van der Waals surface area contributed by atoms with Gasteiger partial charge in [-0.2, -0.15) is 0 Å². The highest BCUT2D eigenvalue weighted by Gasteiger charge is 2.29. The SMILES string of the molecule is Cc1c(C(=O)N2CCN(C3CCOCC3)CC2)nc2ccccn12. The monoisotopic (exact) mass is 328 g/mol. The zero-order valence-electron chi connectivity index (χ0n) is 14.1. The topological polar surface area (TPSA) is 50.1 Å². The summed E-state index contributed by atoms with van der Waals surface area (Å²) in [4.78, 5) is 21.9. The number of carbonyl (C=O) groups is 1. The van der Waals surface area contributed by atoms with Gasteiger partial charge < -0.3 is 14.0 Å². The Morgan fingerprint density at radius 3 is 2.62 bits per heavy atom. The first kappa shape index (κ1) is 15.6. The van der Waals surface area contributed by atoms with Crippen LogP contribution in [0.5, 0.6) is 0 Å². The number of pyridine rings is 1. The van der Waals surface area contributed by atoms with E-state index >= 15 is 0 Å². The highest BCUT2D eigenvalue weighted by atomic mass is 16.5. The number of hydrogen-bond donors (Lipinski definition) is 0.